The Balaban J connectivity index is 5.39. The fourth-order valence-electron chi connectivity index (χ4n) is 0.311. The molecule has 12 heavy (non-hydrogen) atoms. The maximum atomic E-state index is 12.0. The third-order valence-corrected chi connectivity index (χ3v) is 2.06. The van der Waals surface area contributed by atoms with Gasteiger partial charge in [-0.2, -0.15) is 16.8 Å². The van der Waals surface area contributed by atoms with E-state index in [0.717, 1.165) is 5.41 Å². The fraction of sp³-hybridized carbons (Fsp3) is 0. The average Bonchev–Trinajstić information content (AvgIpc) is 1.78. The Hall–Kier alpha value is -0.760. The quantitative estimate of drug-likeness (QED) is 0.507. The molecule has 0 atom stereocenters. The minimum atomic E-state index is -5.30. The number of halogens is 2. The molecule has 0 N–H and O–H groups in total. The lowest BCUT2D eigenvalue weighted by Gasteiger charge is -1.89. The number of rotatable bonds is 3. The van der Waals surface area contributed by atoms with Gasteiger partial charge in [-0.1, -0.05) is 6.58 Å². The van der Waals surface area contributed by atoms with E-state index in [2.05, 4.69) is 6.58 Å². The van der Waals surface area contributed by atoms with E-state index >= 15 is 0 Å². The number of hydrogen-bond acceptors (Lipinski definition) is 4. The van der Waals surface area contributed by atoms with Gasteiger partial charge in [-0.25, -0.2) is 0 Å². The maximum Gasteiger partial charge on any atom is 0.334 e. The monoisotopic (exact) mass is 217 g/mol. The molecule has 0 aromatic carbocycles. The molecule has 0 aliphatic rings. The lowest BCUT2D eigenvalue weighted by Crippen LogP contribution is -1.96. The Morgan fingerprint density at radius 1 is 1.25 bits per heavy atom. The molecule has 4 nitrogen and oxygen atoms in total. The largest absolute Gasteiger partial charge is 0.334 e. The summed E-state index contributed by atoms with van der Waals surface area (Å²) in [5.41, 5.74) is 0. The van der Waals surface area contributed by atoms with E-state index in [1.54, 1.807) is 0 Å². The van der Waals surface area contributed by atoms with Gasteiger partial charge in [-0.15, -0.1) is 7.77 Å². The van der Waals surface area contributed by atoms with Crippen LogP contribution in [0, 0.1) is 5.41 Å². The van der Waals surface area contributed by atoms with Crippen LogP contribution in [0.15, 0.2) is 17.6 Å². The highest BCUT2D eigenvalue weighted by atomic mass is 32.3. The Morgan fingerprint density at radius 3 is 1.75 bits per heavy atom. The molecule has 0 rings (SSSR count). The van der Waals surface area contributed by atoms with E-state index in [9.17, 15) is 24.6 Å². The summed E-state index contributed by atoms with van der Waals surface area (Å²) in [6, 6.07) is 0. The van der Waals surface area contributed by atoms with E-state index in [1.807, 2.05) is 0 Å². The van der Waals surface area contributed by atoms with Crippen LogP contribution in [-0.2, 0) is 20.4 Å². The van der Waals surface area contributed by atoms with Crippen LogP contribution in [-0.4, -0.2) is 16.8 Å². The molecule has 0 aromatic heterocycles. The first-order valence-electron chi connectivity index (χ1n) is 2.33. The van der Waals surface area contributed by atoms with Crippen molar-refractivity contribution >= 4 is 20.4 Å². The van der Waals surface area contributed by atoms with Gasteiger partial charge >= 0.3 is 20.4 Å². The van der Waals surface area contributed by atoms with Crippen LogP contribution in [0.3, 0.4) is 0 Å². The van der Waals surface area contributed by atoms with Gasteiger partial charge < -0.3 is 0 Å². The van der Waals surface area contributed by atoms with Crippen LogP contribution in [0.1, 0.15) is 0 Å². The Bertz CT molecular complexity index is 402. The molecular formula is C4H3F2O4S2. The van der Waals surface area contributed by atoms with Crippen LogP contribution in [0.4, 0.5) is 7.77 Å². The van der Waals surface area contributed by atoms with Crippen molar-refractivity contribution in [3.05, 3.63) is 23.0 Å². The first kappa shape index (κ1) is 11.2. The molecule has 0 bridgehead atoms. The highest BCUT2D eigenvalue weighted by Crippen LogP contribution is 2.11. The minimum Gasteiger partial charge on any atom is -0.189 e. The van der Waals surface area contributed by atoms with Gasteiger partial charge in [0.05, 0.1) is 0 Å². The van der Waals surface area contributed by atoms with E-state index in [-0.39, 0.29) is 0 Å². The van der Waals surface area contributed by atoms with Crippen molar-refractivity contribution in [3.63, 3.8) is 0 Å². The van der Waals surface area contributed by atoms with Crippen molar-refractivity contribution in [2.75, 3.05) is 0 Å². The lowest BCUT2D eigenvalue weighted by atomic mass is 10.6. The summed E-state index contributed by atoms with van der Waals surface area (Å²) in [5.74, 6) is 0. The van der Waals surface area contributed by atoms with E-state index < -0.39 is 25.4 Å². The Morgan fingerprint density at radius 2 is 1.67 bits per heavy atom. The third-order valence-electron chi connectivity index (χ3n) is 0.671. The summed E-state index contributed by atoms with van der Waals surface area (Å²) in [6.07, 6.45) is 0.326. The molecule has 0 aliphatic heterocycles. The molecular weight excluding hydrogens is 214 g/mol. The standard InChI is InChI=1S/C4H3F2O4S2/c1-2-4(12(6,9)10)3-11(5,7)8/h2H,1H2. The summed E-state index contributed by atoms with van der Waals surface area (Å²) in [6.45, 7) is 2.76. The van der Waals surface area contributed by atoms with Gasteiger partial charge in [0.1, 0.15) is 10.3 Å². The zero-order chi connectivity index (χ0) is 9.99. The summed E-state index contributed by atoms with van der Waals surface area (Å²) < 4.78 is 63.2. The van der Waals surface area contributed by atoms with Gasteiger partial charge in [0, 0.05) is 0 Å². The Labute approximate surface area is 68.6 Å². The van der Waals surface area contributed by atoms with Crippen molar-refractivity contribution in [2.24, 2.45) is 0 Å². The second kappa shape index (κ2) is 3.31. The summed E-state index contributed by atoms with van der Waals surface area (Å²) >= 11 is 0. The highest BCUT2D eigenvalue weighted by Gasteiger charge is 2.17. The van der Waals surface area contributed by atoms with Crippen LogP contribution in [0.25, 0.3) is 0 Å². The predicted molar refractivity (Wildman–Crippen MR) is 37.0 cm³/mol. The topological polar surface area (TPSA) is 68.3 Å². The molecule has 69 valence electrons. The van der Waals surface area contributed by atoms with E-state index in [0.29, 0.717) is 6.08 Å². The molecule has 1 radical (unpaired) electrons. The van der Waals surface area contributed by atoms with E-state index in [1.165, 1.54) is 0 Å². The first-order chi connectivity index (χ1) is 5.17. The normalized spacial score (nSPS) is 14.3. The minimum absolute atomic E-state index is 0.326. The van der Waals surface area contributed by atoms with Gasteiger partial charge in [-0.05, 0) is 6.08 Å². The molecule has 0 spiro atoms. The zero-order valence-electron chi connectivity index (χ0n) is 5.49. The maximum absolute atomic E-state index is 12.0. The van der Waals surface area contributed by atoms with Crippen LogP contribution in [0.5, 0.6) is 0 Å². The third kappa shape index (κ3) is 4.19. The second-order valence-electron chi connectivity index (χ2n) is 1.55. The lowest BCUT2D eigenvalue weighted by molar-refractivity contribution is 0.554. The predicted octanol–water partition coefficient (Wildman–Crippen LogP) is 0.416. The van der Waals surface area contributed by atoms with Crippen molar-refractivity contribution in [1.82, 2.24) is 0 Å². The molecule has 0 unspecified atom stereocenters. The highest BCUT2D eigenvalue weighted by molar-refractivity contribution is 7.93. The Kier molecular flexibility index (Phi) is 3.10. The van der Waals surface area contributed by atoms with Gasteiger partial charge in [0.25, 0.3) is 0 Å². The molecule has 8 heteroatoms. The fourth-order valence-corrected chi connectivity index (χ4v) is 1.53. The molecule has 0 saturated heterocycles. The molecule has 0 aliphatic carbocycles. The van der Waals surface area contributed by atoms with Crippen molar-refractivity contribution in [2.45, 2.75) is 0 Å². The van der Waals surface area contributed by atoms with Gasteiger partial charge in [0.15, 0.2) is 0 Å². The van der Waals surface area contributed by atoms with Gasteiger partial charge in [-0.3, -0.25) is 0 Å². The smallest absolute Gasteiger partial charge is 0.189 e. The summed E-state index contributed by atoms with van der Waals surface area (Å²) in [4.78, 5) is -1.45. The van der Waals surface area contributed by atoms with Crippen LogP contribution < -0.4 is 0 Å². The molecule has 0 heterocycles. The summed E-state index contributed by atoms with van der Waals surface area (Å²) in [5, 5.41) is 0.787. The SMILES string of the molecule is C=C/C(=[C]\S(=O)(=O)F)S(=O)(=O)F. The van der Waals surface area contributed by atoms with Crippen LogP contribution in [0.2, 0.25) is 0 Å². The number of allylic oxidation sites excluding steroid dienone is 1. The second-order valence-corrected chi connectivity index (χ2v) is 3.94. The van der Waals surface area contributed by atoms with E-state index in [4.69, 9.17) is 0 Å². The average molecular weight is 217 g/mol. The summed E-state index contributed by atoms with van der Waals surface area (Å²) in [7, 11) is -10.6. The van der Waals surface area contributed by atoms with Crippen molar-refractivity contribution < 1.29 is 24.6 Å². The molecule has 0 aromatic rings. The van der Waals surface area contributed by atoms with Crippen LogP contribution >= 0.6 is 0 Å². The van der Waals surface area contributed by atoms with Crippen molar-refractivity contribution in [1.29, 1.82) is 0 Å². The molecule has 0 fully saturated rings. The van der Waals surface area contributed by atoms with Crippen molar-refractivity contribution in [3.8, 4) is 0 Å². The van der Waals surface area contributed by atoms with Gasteiger partial charge in [0.2, 0.25) is 0 Å². The molecule has 0 amide bonds. The first-order valence-corrected chi connectivity index (χ1v) is 5.10. The number of hydrogen-bond donors (Lipinski definition) is 0. The zero-order valence-corrected chi connectivity index (χ0v) is 7.12. The molecule has 0 saturated carbocycles.